The molecule has 5 heteroatoms. The summed E-state index contributed by atoms with van der Waals surface area (Å²) < 4.78 is 0.786. The van der Waals surface area contributed by atoms with Crippen LogP contribution in [0.15, 0.2) is 53.0 Å². The first-order chi connectivity index (χ1) is 9.08. The van der Waals surface area contributed by atoms with Gasteiger partial charge in [-0.2, -0.15) is 0 Å². The average molecular weight is 377 g/mol. The lowest BCUT2D eigenvalue weighted by Gasteiger charge is -2.19. The largest absolute Gasteiger partial charge is 0.391 e. The van der Waals surface area contributed by atoms with Crippen LogP contribution in [0.5, 0.6) is 0 Å². The maximum Gasteiger partial charge on any atom is 0.0773 e. The highest BCUT2D eigenvalue weighted by Crippen LogP contribution is 2.27. The van der Waals surface area contributed by atoms with Gasteiger partial charge in [-0.3, -0.25) is 0 Å². The second-order valence-corrected chi connectivity index (χ2v) is 5.72. The molecule has 0 aliphatic carbocycles. The Morgan fingerprint density at radius 1 is 1.15 bits per heavy atom. The lowest BCUT2D eigenvalue weighted by Crippen LogP contribution is -2.28. The summed E-state index contributed by atoms with van der Waals surface area (Å²) in [6, 6.07) is 14.8. The SMILES string of the molecule is Cl.N[C@@H](c1ccc(Cl)c(Br)c1)[C@H](O)Cc1ccccc1. The van der Waals surface area contributed by atoms with E-state index in [1.54, 1.807) is 6.07 Å². The van der Waals surface area contributed by atoms with Crippen molar-refractivity contribution in [3.8, 4) is 0 Å². The van der Waals surface area contributed by atoms with E-state index in [2.05, 4.69) is 15.9 Å². The van der Waals surface area contributed by atoms with Crippen LogP contribution in [0.25, 0.3) is 0 Å². The highest BCUT2D eigenvalue weighted by molar-refractivity contribution is 9.10. The van der Waals surface area contributed by atoms with Crippen molar-refractivity contribution in [1.29, 1.82) is 0 Å². The zero-order chi connectivity index (χ0) is 13.8. The number of aliphatic hydroxyl groups is 1. The molecule has 108 valence electrons. The van der Waals surface area contributed by atoms with Crippen LogP contribution >= 0.6 is 39.9 Å². The number of hydrogen-bond acceptors (Lipinski definition) is 2. The normalized spacial score (nSPS) is 13.4. The predicted molar refractivity (Wildman–Crippen MR) is 89.5 cm³/mol. The molecule has 0 saturated carbocycles. The van der Waals surface area contributed by atoms with E-state index in [4.69, 9.17) is 17.3 Å². The Balaban J connectivity index is 0.00000200. The number of halogens is 3. The molecule has 2 aromatic carbocycles. The Labute approximate surface area is 138 Å². The van der Waals surface area contributed by atoms with Crippen molar-refractivity contribution in [2.24, 2.45) is 5.73 Å². The van der Waals surface area contributed by atoms with Crippen LogP contribution in [0.1, 0.15) is 17.2 Å². The van der Waals surface area contributed by atoms with E-state index < -0.39 is 12.1 Å². The van der Waals surface area contributed by atoms with Gasteiger partial charge in [-0.1, -0.05) is 48.0 Å². The molecular weight excluding hydrogens is 361 g/mol. The van der Waals surface area contributed by atoms with Crippen LogP contribution in [0.2, 0.25) is 5.02 Å². The van der Waals surface area contributed by atoms with Crippen LogP contribution in [0, 0.1) is 0 Å². The first-order valence-corrected chi connectivity index (χ1v) is 7.17. The third-order valence-corrected chi connectivity index (χ3v) is 4.24. The number of hydrogen-bond donors (Lipinski definition) is 2. The summed E-state index contributed by atoms with van der Waals surface area (Å²) >= 11 is 9.31. The van der Waals surface area contributed by atoms with Gasteiger partial charge in [0.1, 0.15) is 0 Å². The molecule has 0 heterocycles. The first kappa shape index (κ1) is 17.5. The summed E-state index contributed by atoms with van der Waals surface area (Å²) in [4.78, 5) is 0. The minimum absolute atomic E-state index is 0. The molecule has 3 N–H and O–H groups in total. The second kappa shape index (κ2) is 8.01. The van der Waals surface area contributed by atoms with Crippen molar-refractivity contribution in [1.82, 2.24) is 0 Å². The van der Waals surface area contributed by atoms with E-state index in [0.717, 1.165) is 15.6 Å². The third-order valence-electron chi connectivity index (χ3n) is 3.03. The summed E-state index contributed by atoms with van der Waals surface area (Å²) in [5.41, 5.74) is 8.02. The summed E-state index contributed by atoms with van der Waals surface area (Å²) in [5.74, 6) is 0. The summed E-state index contributed by atoms with van der Waals surface area (Å²) in [6.45, 7) is 0. The molecule has 0 aliphatic rings. The summed E-state index contributed by atoms with van der Waals surface area (Å²) in [5, 5.41) is 10.8. The van der Waals surface area contributed by atoms with Crippen molar-refractivity contribution in [3.63, 3.8) is 0 Å². The molecule has 0 spiro atoms. The van der Waals surface area contributed by atoms with Gasteiger partial charge in [-0.15, -0.1) is 12.4 Å². The molecule has 0 unspecified atom stereocenters. The van der Waals surface area contributed by atoms with Crippen LogP contribution < -0.4 is 5.73 Å². The zero-order valence-corrected chi connectivity index (χ0v) is 13.8. The van der Waals surface area contributed by atoms with Gasteiger partial charge in [0.15, 0.2) is 0 Å². The minimum atomic E-state index is -0.629. The summed E-state index contributed by atoms with van der Waals surface area (Å²) in [6.07, 6.45) is -0.0992. The van der Waals surface area contributed by atoms with E-state index in [1.165, 1.54) is 0 Å². The van der Waals surface area contributed by atoms with Gasteiger partial charge < -0.3 is 10.8 Å². The van der Waals surface area contributed by atoms with Crippen LogP contribution in [0.3, 0.4) is 0 Å². The van der Waals surface area contributed by atoms with E-state index in [0.29, 0.717) is 11.4 Å². The van der Waals surface area contributed by atoms with E-state index >= 15 is 0 Å². The van der Waals surface area contributed by atoms with Crippen molar-refractivity contribution in [2.45, 2.75) is 18.6 Å². The van der Waals surface area contributed by atoms with Gasteiger partial charge in [0.2, 0.25) is 0 Å². The fourth-order valence-electron chi connectivity index (χ4n) is 1.92. The van der Waals surface area contributed by atoms with Gasteiger partial charge in [0.05, 0.1) is 17.2 Å². The van der Waals surface area contributed by atoms with Gasteiger partial charge in [0.25, 0.3) is 0 Å². The molecule has 0 aliphatic heterocycles. The molecule has 0 saturated heterocycles. The van der Waals surface area contributed by atoms with Crippen molar-refractivity contribution < 1.29 is 5.11 Å². The molecule has 0 fully saturated rings. The smallest absolute Gasteiger partial charge is 0.0773 e. The van der Waals surface area contributed by atoms with Gasteiger partial charge in [-0.25, -0.2) is 0 Å². The van der Waals surface area contributed by atoms with Gasteiger partial charge >= 0.3 is 0 Å². The molecule has 0 radical (unpaired) electrons. The fourth-order valence-corrected chi connectivity index (χ4v) is 2.44. The fraction of sp³-hybridized carbons (Fsp3) is 0.200. The standard InChI is InChI=1S/C15H15BrClNO.ClH/c16-12-9-11(6-7-13(12)17)15(18)14(19)8-10-4-2-1-3-5-10;/h1-7,9,14-15,19H,8,18H2;1H/t14-,15+;/m1./s1. The van der Waals surface area contributed by atoms with E-state index in [9.17, 15) is 5.11 Å². The minimum Gasteiger partial charge on any atom is -0.391 e. The molecule has 0 bridgehead atoms. The lowest BCUT2D eigenvalue weighted by atomic mass is 9.97. The van der Waals surface area contributed by atoms with E-state index in [-0.39, 0.29) is 12.4 Å². The molecule has 2 atom stereocenters. The Morgan fingerprint density at radius 3 is 2.40 bits per heavy atom. The summed E-state index contributed by atoms with van der Waals surface area (Å²) in [7, 11) is 0. The number of nitrogens with two attached hydrogens (primary N) is 1. The molecule has 20 heavy (non-hydrogen) atoms. The molecule has 2 nitrogen and oxygen atoms in total. The maximum atomic E-state index is 10.2. The van der Waals surface area contributed by atoms with Gasteiger partial charge in [-0.05, 0) is 39.2 Å². The topological polar surface area (TPSA) is 46.2 Å². The second-order valence-electron chi connectivity index (χ2n) is 4.46. The quantitative estimate of drug-likeness (QED) is 0.842. The number of aliphatic hydroxyl groups excluding tert-OH is 1. The highest BCUT2D eigenvalue weighted by atomic mass is 79.9. The van der Waals surface area contributed by atoms with Crippen molar-refractivity contribution >= 4 is 39.9 Å². The Kier molecular flexibility index (Phi) is 7.00. The Morgan fingerprint density at radius 2 is 1.80 bits per heavy atom. The Bertz CT molecular complexity index is 551. The first-order valence-electron chi connectivity index (χ1n) is 6.00. The zero-order valence-electron chi connectivity index (χ0n) is 10.7. The van der Waals surface area contributed by atoms with Crippen LogP contribution in [-0.2, 0) is 6.42 Å². The van der Waals surface area contributed by atoms with Gasteiger partial charge in [0, 0.05) is 10.9 Å². The molecule has 0 amide bonds. The number of rotatable bonds is 4. The molecular formula is C15H16BrCl2NO. The van der Waals surface area contributed by atoms with Crippen LogP contribution in [0.4, 0.5) is 0 Å². The van der Waals surface area contributed by atoms with Crippen molar-refractivity contribution in [2.75, 3.05) is 0 Å². The average Bonchev–Trinajstić information content (AvgIpc) is 2.42. The van der Waals surface area contributed by atoms with Crippen LogP contribution in [-0.4, -0.2) is 11.2 Å². The van der Waals surface area contributed by atoms with Crippen molar-refractivity contribution in [3.05, 3.63) is 69.2 Å². The predicted octanol–water partition coefficient (Wildman–Crippen LogP) is 4.13. The van der Waals surface area contributed by atoms with E-state index in [1.807, 2.05) is 42.5 Å². The number of benzene rings is 2. The monoisotopic (exact) mass is 375 g/mol. The maximum absolute atomic E-state index is 10.2. The molecule has 0 aromatic heterocycles. The lowest BCUT2D eigenvalue weighted by molar-refractivity contribution is 0.145. The highest BCUT2D eigenvalue weighted by Gasteiger charge is 2.18. The molecule has 2 rings (SSSR count). The molecule has 2 aromatic rings. The Hall–Kier alpha value is -0.580. The third kappa shape index (κ3) is 4.47.